The van der Waals surface area contributed by atoms with Crippen molar-refractivity contribution in [1.29, 1.82) is 0 Å². The lowest BCUT2D eigenvalue weighted by Crippen LogP contribution is -2.36. The largest absolute Gasteiger partial charge is 0.469 e. The number of nitro groups is 1. The van der Waals surface area contributed by atoms with Gasteiger partial charge in [0.1, 0.15) is 5.69 Å². The van der Waals surface area contributed by atoms with Crippen LogP contribution in [0.15, 0.2) is 18.2 Å². The van der Waals surface area contributed by atoms with E-state index in [-0.39, 0.29) is 36.0 Å². The second-order valence-corrected chi connectivity index (χ2v) is 7.13. The minimum atomic E-state index is -0.439. The van der Waals surface area contributed by atoms with Crippen LogP contribution in [-0.2, 0) is 9.53 Å². The maximum atomic E-state index is 12.9. The van der Waals surface area contributed by atoms with E-state index in [1.807, 2.05) is 18.7 Å². The minimum absolute atomic E-state index is 0.0554. The number of benzene rings is 1. The number of hydrogen-bond acceptors (Lipinski definition) is 6. The molecule has 0 N–H and O–H groups in total. The Morgan fingerprint density at radius 1 is 1.30 bits per heavy atom. The van der Waals surface area contributed by atoms with Crippen molar-refractivity contribution in [3.05, 3.63) is 33.9 Å². The first-order chi connectivity index (χ1) is 12.8. The van der Waals surface area contributed by atoms with Crippen LogP contribution >= 0.6 is 0 Å². The van der Waals surface area contributed by atoms with Crippen molar-refractivity contribution in [3.63, 3.8) is 0 Å². The van der Waals surface area contributed by atoms with Gasteiger partial charge in [-0.05, 0) is 30.9 Å². The van der Waals surface area contributed by atoms with Gasteiger partial charge in [-0.15, -0.1) is 0 Å². The number of methoxy groups -OCH3 is 1. The molecule has 0 bridgehead atoms. The average molecular weight is 377 g/mol. The van der Waals surface area contributed by atoms with E-state index in [2.05, 4.69) is 4.74 Å². The van der Waals surface area contributed by atoms with Crippen molar-refractivity contribution in [3.8, 4) is 0 Å². The zero-order chi connectivity index (χ0) is 20.0. The van der Waals surface area contributed by atoms with Crippen molar-refractivity contribution >= 4 is 23.3 Å². The fourth-order valence-corrected chi connectivity index (χ4v) is 3.26. The lowest BCUT2D eigenvalue weighted by atomic mass is 10.1. The SMILES string of the molecule is COC(=O)CCN(CC(C)C)C(=O)c1ccc(N2CCCC2)c([N+](=O)[O-])c1. The van der Waals surface area contributed by atoms with E-state index in [0.29, 0.717) is 12.2 Å². The van der Waals surface area contributed by atoms with Gasteiger partial charge in [0.25, 0.3) is 11.6 Å². The number of hydrogen-bond donors (Lipinski definition) is 0. The topological polar surface area (TPSA) is 93.0 Å². The normalized spacial score (nSPS) is 13.7. The van der Waals surface area contributed by atoms with Gasteiger partial charge in [0.2, 0.25) is 0 Å². The maximum Gasteiger partial charge on any atom is 0.307 e. The van der Waals surface area contributed by atoms with Crippen LogP contribution in [0.1, 0.15) is 43.5 Å². The minimum Gasteiger partial charge on any atom is -0.469 e. The molecule has 1 aromatic carbocycles. The van der Waals surface area contributed by atoms with E-state index in [1.54, 1.807) is 17.0 Å². The number of nitro benzene ring substituents is 1. The lowest BCUT2D eigenvalue weighted by molar-refractivity contribution is -0.384. The first-order valence-electron chi connectivity index (χ1n) is 9.23. The van der Waals surface area contributed by atoms with E-state index < -0.39 is 10.9 Å². The molecule has 0 unspecified atom stereocenters. The highest BCUT2D eigenvalue weighted by Crippen LogP contribution is 2.32. The molecule has 1 aliphatic heterocycles. The molecular weight excluding hydrogens is 350 g/mol. The summed E-state index contributed by atoms with van der Waals surface area (Å²) in [7, 11) is 1.30. The van der Waals surface area contributed by atoms with Crippen molar-refractivity contribution < 1.29 is 19.2 Å². The van der Waals surface area contributed by atoms with Gasteiger partial charge in [0, 0.05) is 37.8 Å². The molecule has 0 radical (unpaired) electrons. The van der Waals surface area contributed by atoms with Gasteiger partial charge < -0.3 is 14.5 Å². The number of rotatable bonds is 8. The number of amides is 1. The van der Waals surface area contributed by atoms with Crippen LogP contribution in [0.4, 0.5) is 11.4 Å². The molecule has 0 aliphatic carbocycles. The van der Waals surface area contributed by atoms with Crippen LogP contribution in [0, 0.1) is 16.0 Å². The summed E-state index contributed by atoms with van der Waals surface area (Å²) in [6.07, 6.45) is 2.10. The molecule has 8 nitrogen and oxygen atoms in total. The summed E-state index contributed by atoms with van der Waals surface area (Å²) in [4.78, 5) is 39.0. The number of ether oxygens (including phenoxy) is 1. The highest BCUT2D eigenvalue weighted by Gasteiger charge is 2.26. The molecule has 1 amide bonds. The molecule has 1 aliphatic rings. The summed E-state index contributed by atoms with van der Waals surface area (Å²) >= 11 is 0. The Bertz CT molecular complexity index is 699. The predicted molar refractivity (Wildman–Crippen MR) is 102 cm³/mol. The first kappa shape index (κ1) is 20.7. The van der Waals surface area contributed by atoms with E-state index in [1.165, 1.54) is 13.2 Å². The molecule has 8 heteroatoms. The van der Waals surface area contributed by atoms with Crippen LogP contribution in [0.2, 0.25) is 0 Å². The van der Waals surface area contributed by atoms with Crippen LogP contribution in [-0.4, -0.2) is 55.0 Å². The van der Waals surface area contributed by atoms with Crippen molar-refractivity contribution in [2.24, 2.45) is 5.92 Å². The fraction of sp³-hybridized carbons (Fsp3) is 0.579. The molecule has 1 aromatic rings. The molecule has 1 fully saturated rings. The second kappa shape index (κ2) is 9.34. The average Bonchev–Trinajstić information content (AvgIpc) is 3.17. The van der Waals surface area contributed by atoms with E-state index in [9.17, 15) is 19.7 Å². The maximum absolute atomic E-state index is 12.9. The Balaban J connectivity index is 2.26. The molecule has 0 spiro atoms. The van der Waals surface area contributed by atoms with Crippen LogP contribution in [0.3, 0.4) is 0 Å². The van der Waals surface area contributed by atoms with Gasteiger partial charge in [-0.3, -0.25) is 19.7 Å². The van der Waals surface area contributed by atoms with Crippen molar-refractivity contribution in [2.45, 2.75) is 33.1 Å². The van der Waals surface area contributed by atoms with E-state index in [0.717, 1.165) is 25.9 Å². The Morgan fingerprint density at radius 2 is 1.96 bits per heavy atom. The van der Waals surface area contributed by atoms with E-state index in [4.69, 9.17) is 0 Å². The fourth-order valence-electron chi connectivity index (χ4n) is 3.26. The monoisotopic (exact) mass is 377 g/mol. The van der Waals surface area contributed by atoms with E-state index >= 15 is 0 Å². The Labute approximate surface area is 159 Å². The van der Waals surface area contributed by atoms with Crippen LogP contribution in [0.25, 0.3) is 0 Å². The molecule has 1 heterocycles. The molecule has 148 valence electrons. The summed E-state index contributed by atoms with van der Waals surface area (Å²) in [5.41, 5.74) is 0.759. The molecule has 2 rings (SSSR count). The third-order valence-corrected chi connectivity index (χ3v) is 4.55. The summed E-state index contributed by atoms with van der Waals surface area (Å²) in [6.45, 7) is 6.18. The standard InChI is InChI=1S/C19H27N3O5/c1-14(2)13-21(11-8-18(23)27-3)19(24)15-6-7-16(17(12-15)22(25)26)20-9-4-5-10-20/h6-7,12,14H,4-5,8-11,13H2,1-3H3. The molecule has 27 heavy (non-hydrogen) atoms. The zero-order valence-electron chi connectivity index (χ0n) is 16.1. The van der Waals surface area contributed by atoms with Gasteiger partial charge in [-0.25, -0.2) is 0 Å². The predicted octanol–water partition coefficient (Wildman–Crippen LogP) is 2.86. The molecule has 0 aromatic heterocycles. The molecule has 0 saturated carbocycles. The Hall–Kier alpha value is -2.64. The van der Waals surface area contributed by atoms with Crippen LogP contribution in [0.5, 0.6) is 0 Å². The first-order valence-corrected chi connectivity index (χ1v) is 9.23. The molecule has 1 saturated heterocycles. The number of carbonyl (C=O) groups excluding carboxylic acids is 2. The number of esters is 1. The van der Waals surface area contributed by atoms with Crippen molar-refractivity contribution in [2.75, 3.05) is 38.2 Å². The summed E-state index contributed by atoms with van der Waals surface area (Å²) in [5.74, 6) is -0.513. The lowest BCUT2D eigenvalue weighted by Gasteiger charge is -2.25. The third-order valence-electron chi connectivity index (χ3n) is 4.55. The molecular formula is C19H27N3O5. The zero-order valence-corrected chi connectivity index (χ0v) is 16.1. The van der Waals surface area contributed by atoms with Gasteiger partial charge in [-0.1, -0.05) is 13.8 Å². The molecule has 0 atom stereocenters. The summed E-state index contributed by atoms with van der Waals surface area (Å²) < 4.78 is 4.64. The third kappa shape index (κ3) is 5.42. The second-order valence-electron chi connectivity index (χ2n) is 7.13. The number of carbonyl (C=O) groups is 2. The highest BCUT2D eigenvalue weighted by atomic mass is 16.6. The van der Waals surface area contributed by atoms with Crippen molar-refractivity contribution in [1.82, 2.24) is 4.90 Å². The van der Waals surface area contributed by atoms with Gasteiger partial charge in [0.15, 0.2) is 0 Å². The Morgan fingerprint density at radius 3 is 2.52 bits per heavy atom. The van der Waals surface area contributed by atoms with Gasteiger partial charge in [-0.2, -0.15) is 0 Å². The Kier molecular flexibility index (Phi) is 7.15. The van der Waals surface area contributed by atoms with Gasteiger partial charge >= 0.3 is 5.97 Å². The summed E-state index contributed by atoms with van der Waals surface area (Å²) in [5, 5.41) is 11.5. The number of nitrogens with zero attached hydrogens (tertiary/aromatic N) is 3. The quantitative estimate of drug-likeness (QED) is 0.393. The summed E-state index contributed by atoms with van der Waals surface area (Å²) in [6, 6.07) is 4.64. The van der Waals surface area contributed by atoms with Crippen LogP contribution < -0.4 is 4.90 Å². The van der Waals surface area contributed by atoms with Gasteiger partial charge in [0.05, 0.1) is 18.5 Å². The smallest absolute Gasteiger partial charge is 0.307 e. The highest BCUT2D eigenvalue weighted by molar-refractivity contribution is 5.96. The number of anilines is 1.